The van der Waals surface area contributed by atoms with Crippen molar-refractivity contribution < 1.29 is 5.11 Å². The van der Waals surface area contributed by atoms with Crippen LogP contribution in [0.2, 0.25) is 0 Å². The molecule has 3 N–H and O–H groups in total. The van der Waals surface area contributed by atoms with Gasteiger partial charge in [0, 0.05) is 12.1 Å². The standard InChI is InChI=1S/C12H14O.C4H8N2S/c1-3-12(2)7-9-4-5-11(13)6-10(9)8-12;1-6-2-3-7-4-5/h3-6,13H,1,7-8H2,2H3;2-3H,1,4-5H2/b;3-2-/t12-;/m0./s1. The summed E-state index contributed by atoms with van der Waals surface area (Å²) in [5.41, 5.74) is 7.92. The molecule has 0 unspecified atom stereocenters. The Hall–Kier alpha value is -1.52. The van der Waals surface area contributed by atoms with Gasteiger partial charge in [0.1, 0.15) is 5.75 Å². The first-order valence-corrected chi connectivity index (χ1v) is 7.46. The Balaban J connectivity index is 0.000000246. The fourth-order valence-electron chi connectivity index (χ4n) is 2.17. The zero-order valence-electron chi connectivity index (χ0n) is 11.9. The van der Waals surface area contributed by atoms with E-state index in [-0.39, 0.29) is 5.41 Å². The van der Waals surface area contributed by atoms with Gasteiger partial charge < -0.3 is 10.8 Å². The van der Waals surface area contributed by atoms with Crippen molar-refractivity contribution in [2.24, 2.45) is 16.1 Å². The van der Waals surface area contributed by atoms with E-state index >= 15 is 0 Å². The zero-order chi connectivity index (χ0) is 15.0. The topological polar surface area (TPSA) is 58.6 Å². The van der Waals surface area contributed by atoms with Gasteiger partial charge in [-0.2, -0.15) is 0 Å². The maximum atomic E-state index is 9.31. The van der Waals surface area contributed by atoms with Crippen LogP contribution < -0.4 is 5.73 Å². The van der Waals surface area contributed by atoms with E-state index in [0.717, 1.165) is 12.8 Å². The highest BCUT2D eigenvalue weighted by Crippen LogP contribution is 2.38. The van der Waals surface area contributed by atoms with E-state index in [1.54, 1.807) is 17.7 Å². The van der Waals surface area contributed by atoms with Crippen molar-refractivity contribution >= 4 is 18.5 Å². The summed E-state index contributed by atoms with van der Waals surface area (Å²) in [5.74, 6) is 0.971. The Morgan fingerprint density at radius 3 is 2.75 bits per heavy atom. The lowest BCUT2D eigenvalue weighted by Gasteiger charge is -2.16. The maximum Gasteiger partial charge on any atom is 0.115 e. The third-order valence-electron chi connectivity index (χ3n) is 3.23. The molecule has 1 atom stereocenters. The highest BCUT2D eigenvalue weighted by molar-refractivity contribution is 8.02. The van der Waals surface area contributed by atoms with Gasteiger partial charge in [0.25, 0.3) is 0 Å². The number of allylic oxidation sites excluding steroid dienone is 1. The summed E-state index contributed by atoms with van der Waals surface area (Å²) in [6.07, 6.45) is 5.67. The molecule has 0 fully saturated rings. The second kappa shape index (κ2) is 7.92. The fourth-order valence-corrected chi connectivity index (χ4v) is 2.45. The van der Waals surface area contributed by atoms with Crippen LogP contribution in [0.3, 0.4) is 0 Å². The van der Waals surface area contributed by atoms with Crippen LogP contribution in [0.15, 0.2) is 47.5 Å². The van der Waals surface area contributed by atoms with E-state index in [1.807, 2.05) is 18.2 Å². The molecule has 0 spiro atoms. The molecule has 0 saturated carbocycles. The summed E-state index contributed by atoms with van der Waals surface area (Å²) >= 11 is 1.50. The molecule has 108 valence electrons. The molecule has 0 saturated heterocycles. The van der Waals surface area contributed by atoms with Gasteiger partial charge in [0.05, 0.1) is 0 Å². The first-order valence-electron chi connectivity index (χ1n) is 6.41. The van der Waals surface area contributed by atoms with Crippen LogP contribution in [0.5, 0.6) is 5.75 Å². The second-order valence-electron chi connectivity index (χ2n) is 4.97. The number of hydrogen-bond acceptors (Lipinski definition) is 4. The van der Waals surface area contributed by atoms with Crippen LogP contribution in [0.1, 0.15) is 18.1 Å². The van der Waals surface area contributed by atoms with Crippen molar-refractivity contribution in [2.45, 2.75) is 19.8 Å². The Morgan fingerprint density at radius 1 is 1.45 bits per heavy atom. The van der Waals surface area contributed by atoms with E-state index in [1.165, 1.54) is 22.9 Å². The predicted molar refractivity (Wildman–Crippen MR) is 89.2 cm³/mol. The highest BCUT2D eigenvalue weighted by Gasteiger charge is 2.29. The summed E-state index contributed by atoms with van der Waals surface area (Å²) in [5, 5.41) is 11.1. The van der Waals surface area contributed by atoms with Crippen LogP contribution in [0.4, 0.5) is 0 Å². The molecular weight excluding hydrogens is 268 g/mol. The third-order valence-corrected chi connectivity index (χ3v) is 3.74. The molecule has 0 aliphatic heterocycles. The number of benzene rings is 1. The number of nitrogens with two attached hydrogens (primary N) is 1. The van der Waals surface area contributed by atoms with Gasteiger partial charge in [-0.25, -0.2) is 0 Å². The normalized spacial score (nSPS) is 20.1. The average Bonchev–Trinajstić information content (AvgIpc) is 2.76. The Morgan fingerprint density at radius 2 is 2.15 bits per heavy atom. The minimum Gasteiger partial charge on any atom is -0.508 e. The average molecular weight is 290 g/mol. The zero-order valence-corrected chi connectivity index (χ0v) is 12.7. The molecule has 0 radical (unpaired) electrons. The van der Waals surface area contributed by atoms with Crippen LogP contribution in [-0.4, -0.2) is 17.7 Å². The lowest BCUT2D eigenvalue weighted by molar-refractivity contribution is 0.458. The summed E-state index contributed by atoms with van der Waals surface area (Å²) in [6, 6.07) is 5.64. The third kappa shape index (κ3) is 4.87. The molecule has 4 heteroatoms. The molecule has 2 rings (SSSR count). The second-order valence-corrected chi connectivity index (χ2v) is 5.90. The summed E-state index contributed by atoms with van der Waals surface area (Å²) in [4.78, 5) is 3.47. The molecule has 1 aromatic rings. The molecule has 1 aromatic carbocycles. The van der Waals surface area contributed by atoms with Gasteiger partial charge >= 0.3 is 0 Å². The highest BCUT2D eigenvalue weighted by atomic mass is 32.2. The van der Waals surface area contributed by atoms with E-state index in [0.29, 0.717) is 11.6 Å². The van der Waals surface area contributed by atoms with E-state index in [2.05, 4.69) is 25.2 Å². The molecule has 20 heavy (non-hydrogen) atoms. The number of fused-ring (bicyclic) bond motifs is 1. The molecule has 0 bridgehead atoms. The number of phenols is 1. The Bertz CT molecular complexity index is 499. The van der Waals surface area contributed by atoms with E-state index in [9.17, 15) is 5.11 Å². The smallest absolute Gasteiger partial charge is 0.115 e. The monoisotopic (exact) mass is 290 g/mol. The quantitative estimate of drug-likeness (QED) is 0.507. The molecule has 3 nitrogen and oxygen atoms in total. The maximum absolute atomic E-state index is 9.31. The number of hydrogen-bond donors (Lipinski definition) is 2. The number of aliphatic imine (C=N–C) groups is 1. The summed E-state index contributed by atoms with van der Waals surface area (Å²) < 4.78 is 0. The van der Waals surface area contributed by atoms with Crippen LogP contribution >= 0.6 is 11.8 Å². The molecule has 0 amide bonds. The van der Waals surface area contributed by atoms with Crippen molar-refractivity contribution in [2.75, 3.05) is 5.88 Å². The summed E-state index contributed by atoms with van der Waals surface area (Å²) in [6.45, 7) is 9.30. The number of thioether (sulfide) groups is 1. The largest absolute Gasteiger partial charge is 0.508 e. The molecular formula is C16H22N2OS. The predicted octanol–water partition coefficient (Wildman–Crippen LogP) is 3.49. The van der Waals surface area contributed by atoms with Gasteiger partial charge in [-0.15, -0.1) is 18.3 Å². The minimum atomic E-state index is 0.191. The van der Waals surface area contributed by atoms with Gasteiger partial charge in [0.15, 0.2) is 0 Å². The lowest BCUT2D eigenvalue weighted by atomic mass is 9.88. The van der Waals surface area contributed by atoms with Crippen molar-refractivity contribution in [1.82, 2.24) is 0 Å². The number of nitrogens with zero attached hydrogens (tertiary/aromatic N) is 1. The lowest BCUT2D eigenvalue weighted by Crippen LogP contribution is -2.11. The van der Waals surface area contributed by atoms with Gasteiger partial charge in [-0.05, 0) is 53.6 Å². The SMILES string of the molecule is C=C[C@@]1(C)Cc2ccc(O)cc2C1.C=N/C=C\SCN. The molecule has 0 heterocycles. The first-order chi connectivity index (χ1) is 9.54. The Kier molecular flexibility index (Phi) is 6.55. The van der Waals surface area contributed by atoms with Gasteiger partial charge in [-0.1, -0.05) is 19.1 Å². The van der Waals surface area contributed by atoms with E-state index < -0.39 is 0 Å². The molecule has 1 aliphatic rings. The molecule has 1 aliphatic carbocycles. The van der Waals surface area contributed by atoms with E-state index in [4.69, 9.17) is 5.73 Å². The molecule has 0 aromatic heterocycles. The number of rotatable bonds is 4. The first kappa shape index (κ1) is 16.5. The Labute approximate surface area is 125 Å². The van der Waals surface area contributed by atoms with Crippen molar-refractivity contribution in [1.29, 1.82) is 0 Å². The van der Waals surface area contributed by atoms with Crippen molar-refractivity contribution in [3.63, 3.8) is 0 Å². The summed E-state index contributed by atoms with van der Waals surface area (Å²) in [7, 11) is 0. The van der Waals surface area contributed by atoms with Crippen LogP contribution in [0.25, 0.3) is 0 Å². The number of aromatic hydroxyl groups is 1. The van der Waals surface area contributed by atoms with Crippen LogP contribution in [-0.2, 0) is 12.8 Å². The van der Waals surface area contributed by atoms with Gasteiger partial charge in [-0.3, -0.25) is 4.99 Å². The van der Waals surface area contributed by atoms with Crippen molar-refractivity contribution in [3.8, 4) is 5.75 Å². The van der Waals surface area contributed by atoms with Crippen LogP contribution in [0, 0.1) is 5.41 Å². The minimum absolute atomic E-state index is 0.191. The van der Waals surface area contributed by atoms with Gasteiger partial charge in [0.2, 0.25) is 0 Å². The number of phenolic OH excluding ortho intramolecular Hbond substituents is 1. The van der Waals surface area contributed by atoms with Crippen molar-refractivity contribution in [3.05, 3.63) is 53.6 Å². The fraction of sp³-hybridized carbons (Fsp3) is 0.312.